The molecule has 0 bridgehead atoms. The SMILES string of the molecule is CCOCCC=CC(=O)OCCO. The number of ether oxygens (including phenoxy) is 2. The van der Waals surface area contributed by atoms with Gasteiger partial charge in [0, 0.05) is 12.7 Å². The van der Waals surface area contributed by atoms with Gasteiger partial charge in [-0.3, -0.25) is 0 Å². The second kappa shape index (κ2) is 9.22. The quantitative estimate of drug-likeness (QED) is 0.359. The summed E-state index contributed by atoms with van der Waals surface area (Å²) in [5.74, 6) is -0.425. The van der Waals surface area contributed by atoms with Gasteiger partial charge in [-0.05, 0) is 13.3 Å². The van der Waals surface area contributed by atoms with Crippen molar-refractivity contribution in [2.45, 2.75) is 13.3 Å². The fraction of sp³-hybridized carbons (Fsp3) is 0.667. The van der Waals surface area contributed by atoms with Crippen LogP contribution in [0, 0.1) is 0 Å². The van der Waals surface area contributed by atoms with Crippen molar-refractivity contribution in [3.8, 4) is 0 Å². The summed E-state index contributed by atoms with van der Waals surface area (Å²) in [6.45, 7) is 3.12. The molecule has 0 saturated carbocycles. The molecular formula is C9H16O4. The molecule has 0 aliphatic rings. The highest BCUT2D eigenvalue weighted by Gasteiger charge is 1.93. The predicted molar refractivity (Wildman–Crippen MR) is 48.3 cm³/mol. The van der Waals surface area contributed by atoms with Gasteiger partial charge in [-0.15, -0.1) is 0 Å². The summed E-state index contributed by atoms with van der Waals surface area (Å²) in [5, 5.41) is 8.34. The van der Waals surface area contributed by atoms with Crippen LogP contribution in [0.25, 0.3) is 0 Å². The number of aliphatic hydroxyl groups is 1. The molecule has 0 aromatic carbocycles. The fourth-order valence-electron chi connectivity index (χ4n) is 0.670. The Kier molecular flexibility index (Phi) is 8.60. The molecule has 0 aromatic heterocycles. The van der Waals surface area contributed by atoms with Crippen LogP contribution < -0.4 is 0 Å². The molecule has 4 heteroatoms. The molecule has 0 radical (unpaired) electrons. The van der Waals surface area contributed by atoms with E-state index in [9.17, 15) is 4.79 Å². The molecule has 0 saturated heterocycles. The molecule has 0 rings (SSSR count). The van der Waals surface area contributed by atoms with Crippen LogP contribution in [0.1, 0.15) is 13.3 Å². The van der Waals surface area contributed by atoms with E-state index >= 15 is 0 Å². The lowest BCUT2D eigenvalue weighted by Crippen LogP contribution is -2.05. The van der Waals surface area contributed by atoms with E-state index in [-0.39, 0.29) is 13.2 Å². The van der Waals surface area contributed by atoms with Crippen molar-refractivity contribution in [1.82, 2.24) is 0 Å². The lowest BCUT2D eigenvalue weighted by atomic mass is 10.4. The van der Waals surface area contributed by atoms with Crippen molar-refractivity contribution in [2.75, 3.05) is 26.4 Å². The van der Waals surface area contributed by atoms with E-state index in [1.165, 1.54) is 6.08 Å². The largest absolute Gasteiger partial charge is 0.460 e. The summed E-state index contributed by atoms with van der Waals surface area (Å²) >= 11 is 0. The van der Waals surface area contributed by atoms with Gasteiger partial charge in [0.1, 0.15) is 6.61 Å². The Hall–Kier alpha value is -0.870. The van der Waals surface area contributed by atoms with Gasteiger partial charge in [0.15, 0.2) is 0 Å². The Labute approximate surface area is 78.2 Å². The van der Waals surface area contributed by atoms with E-state index in [2.05, 4.69) is 4.74 Å². The zero-order chi connectivity index (χ0) is 9.94. The van der Waals surface area contributed by atoms with Crippen molar-refractivity contribution in [1.29, 1.82) is 0 Å². The number of hydrogen-bond donors (Lipinski definition) is 1. The molecule has 0 aromatic rings. The maximum absolute atomic E-state index is 10.8. The van der Waals surface area contributed by atoms with Gasteiger partial charge in [-0.1, -0.05) is 6.08 Å². The van der Waals surface area contributed by atoms with Crippen LogP contribution in [0.5, 0.6) is 0 Å². The predicted octanol–water partition coefficient (Wildman–Crippen LogP) is 0.505. The van der Waals surface area contributed by atoms with Gasteiger partial charge in [0.25, 0.3) is 0 Å². The third-order valence-corrected chi connectivity index (χ3v) is 1.22. The third-order valence-electron chi connectivity index (χ3n) is 1.22. The maximum atomic E-state index is 10.8. The summed E-state index contributed by atoms with van der Waals surface area (Å²) in [6, 6.07) is 0. The number of rotatable bonds is 7. The first-order valence-corrected chi connectivity index (χ1v) is 4.33. The van der Waals surface area contributed by atoms with Crippen molar-refractivity contribution in [2.24, 2.45) is 0 Å². The molecule has 1 N–H and O–H groups in total. The topological polar surface area (TPSA) is 55.8 Å². The van der Waals surface area contributed by atoms with Crippen LogP contribution in [-0.2, 0) is 14.3 Å². The van der Waals surface area contributed by atoms with Crippen LogP contribution in [0.15, 0.2) is 12.2 Å². The number of hydrogen-bond acceptors (Lipinski definition) is 4. The molecule has 0 atom stereocenters. The Morgan fingerprint density at radius 3 is 2.85 bits per heavy atom. The summed E-state index contributed by atoms with van der Waals surface area (Å²) < 4.78 is 9.63. The van der Waals surface area contributed by atoms with Crippen molar-refractivity contribution in [3.05, 3.63) is 12.2 Å². The summed E-state index contributed by atoms with van der Waals surface area (Å²) in [7, 11) is 0. The first kappa shape index (κ1) is 12.1. The average Bonchev–Trinajstić information content (AvgIpc) is 2.14. The summed E-state index contributed by atoms with van der Waals surface area (Å²) in [6.07, 6.45) is 3.73. The molecule has 0 fully saturated rings. The van der Waals surface area contributed by atoms with Crippen molar-refractivity contribution < 1.29 is 19.4 Å². The minimum atomic E-state index is -0.425. The van der Waals surface area contributed by atoms with Gasteiger partial charge >= 0.3 is 5.97 Å². The molecule has 0 aliphatic carbocycles. The highest BCUT2D eigenvalue weighted by molar-refractivity contribution is 5.81. The van der Waals surface area contributed by atoms with Crippen molar-refractivity contribution in [3.63, 3.8) is 0 Å². The van der Waals surface area contributed by atoms with Gasteiger partial charge in [-0.2, -0.15) is 0 Å². The van der Waals surface area contributed by atoms with Gasteiger partial charge in [0.2, 0.25) is 0 Å². The minimum absolute atomic E-state index is 0.0502. The number of aliphatic hydroxyl groups excluding tert-OH is 1. The molecule has 0 heterocycles. The maximum Gasteiger partial charge on any atom is 0.330 e. The molecule has 0 aliphatic heterocycles. The van der Waals surface area contributed by atoms with E-state index in [0.717, 1.165) is 0 Å². The second-order valence-electron chi connectivity index (χ2n) is 2.28. The van der Waals surface area contributed by atoms with Crippen LogP contribution in [-0.4, -0.2) is 37.5 Å². The lowest BCUT2D eigenvalue weighted by Gasteiger charge is -1.97. The number of carbonyl (C=O) groups excluding carboxylic acids is 1. The summed E-state index contributed by atoms with van der Waals surface area (Å²) in [5.41, 5.74) is 0. The van der Waals surface area contributed by atoms with Crippen LogP contribution in [0.4, 0.5) is 0 Å². The molecule has 13 heavy (non-hydrogen) atoms. The van der Waals surface area contributed by atoms with E-state index in [4.69, 9.17) is 9.84 Å². The first-order chi connectivity index (χ1) is 6.31. The highest BCUT2D eigenvalue weighted by Crippen LogP contribution is 1.87. The Morgan fingerprint density at radius 1 is 1.46 bits per heavy atom. The molecule has 76 valence electrons. The number of esters is 1. The molecule has 4 nitrogen and oxygen atoms in total. The van der Waals surface area contributed by atoms with Crippen LogP contribution in [0.3, 0.4) is 0 Å². The monoisotopic (exact) mass is 188 g/mol. The normalized spacial score (nSPS) is 10.6. The standard InChI is InChI=1S/C9H16O4/c1-2-12-7-4-3-5-9(11)13-8-6-10/h3,5,10H,2,4,6-8H2,1H3. The Bertz CT molecular complexity index is 154. The van der Waals surface area contributed by atoms with E-state index in [1.807, 2.05) is 6.92 Å². The summed E-state index contributed by atoms with van der Waals surface area (Å²) in [4.78, 5) is 10.8. The zero-order valence-corrected chi connectivity index (χ0v) is 7.86. The second-order valence-corrected chi connectivity index (χ2v) is 2.28. The Morgan fingerprint density at radius 2 is 2.23 bits per heavy atom. The molecule has 0 amide bonds. The smallest absolute Gasteiger partial charge is 0.330 e. The zero-order valence-electron chi connectivity index (χ0n) is 7.86. The van der Waals surface area contributed by atoms with E-state index < -0.39 is 5.97 Å². The van der Waals surface area contributed by atoms with Gasteiger partial charge < -0.3 is 14.6 Å². The fourth-order valence-corrected chi connectivity index (χ4v) is 0.670. The average molecular weight is 188 g/mol. The molecular weight excluding hydrogens is 172 g/mol. The van der Waals surface area contributed by atoms with Gasteiger partial charge in [-0.25, -0.2) is 4.79 Å². The van der Waals surface area contributed by atoms with Crippen molar-refractivity contribution >= 4 is 5.97 Å². The molecule has 0 spiro atoms. The third kappa shape index (κ3) is 9.04. The van der Waals surface area contributed by atoms with Gasteiger partial charge in [0.05, 0.1) is 13.2 Å². The van der Waals surface area contributed by atoms with Crippen LogP contribution in [0.2, 0.25) is 0 Å². The Balaban J connectivity index is 3.31. The number of carbonyl (C=O) groups is 1. The molecule has 0 unspecified atom stereocenters. The first-order valence-electron chi connectivity index (χ1n) is 4.33. The highest BCUT2D eigenvalue weighted by atomic mass is 16.5. The van der Waals surface area contributed by atoms with E-state index in [0.29, 0.717) is 19.6 Å². The minimum Gasteiger partial charge on any atom is -0.460 e. The van der Waals surface area contributed by atoms with E-state index in [1.54, 1.807) is 6.08 Å². The lowest BCUT2D eigenvalue weighted by molar-refractivity contribution is -0.138. The van der Waals surface area contributed by atoms with Crippen LogP contribution >= 0.6 is 0 Å².